The van der Waals surface area contributed by atoms with Crippen LogP contribution in [0, 0.1) is 23.7 Å². The molecule has 0 aliphatic carbocycles. The third kappa shape index (κ3) is 5.78. The Morgan fingerprint density at radius 3 is 2.71 bits per heavy atom. The van der Waals surface area contributed by atoms with Crippen LogP contribution < -0.4 is 5.32 Å². The molecule has 34 heavy (non-hydrogen) atoms. The molecule has 5 atom stereocenters. The summed E-state index contributed by atoms with van der Waals surface area (Å²) in [7, 11) is 0. The van der Waals surface area contributed by atoms with E-state index in [1.807, 2.05) is 11.0 Å². The molecule has 4 rings (SSSR count). The maximum absolute atomic E-state index is 13.5. The molecule has 3 saturated heterocycles. The fourth-order valence-corrected chi connectivity index (χ4v) is 6.15. The third-order valence-corrected chi connectivity index (χ3v) is 8.03. The van der Waals surface area contributed by atoms with Gasteiger partial charge in [0.1, 0.15) is 0 Å². The molecule has 1 N–H and O–H groups in total. The second-order valence-corrected chi connectivity index (χ2v) is 11.1. The first-order chi connectivity index (χ1) is 16.3. The first-order valence-electron chi connectivity index (χ1n) is 13.1. The van der Waals surface area contributed by atoms with E-state index in [0.717, 1.165) is 32.1 Å². The Bertz CT molecular complexity index is 874. The summed E-state index contributed by atoms with van der Waals surface area (Å²) in [5.41, 5.74) is 0.621. The SMILES string of the molecule is CC(C)[C@@H]1CC[C@@H](C)CC(=O)N2C[C@H]3C[C@@H](CN(C(=O)c4cccnc4)C3)[C@@H]2CCCC(=O)N1. The number of hydrogen-bond acceptors (Lipinski definition) is 4. The summed E-state index contributed by atoms with van der Waals surface area (Å²) >= 11 is 0. The number of fused-ring (bicyclic) bond motifs is 4. The summed E-state index contributed by atoms with van der Waals surface area (Å²) < 4.78 is 0. The Balaban J connectivity index is 1.50. The molecule has 3 amide bonds. The van der Waals surface area contributed by atoms with Crippen LogP contribution in [0.3, 0.4) is 0 Å². The second kappa shape index (κ2) is 10.9. The van der Waals surface area contributed by atoms with E-state index >= 15 is 0 Å². The van der Waals surface area contributed by atoms with Crippen LogP contribution in [0.5, 0.6) is 0 Å². The van der Waals surface area contributed by atoms with E-state index in [9.17, 15) is 14.4 Å². The number of aromatic nitrogens is 1. The number of carbonyl (C=O) groups is 3. The number of rotatable bonds is 2. The smallest absolute Gasteiger partial charge is 0.255 e. The Kier molecular flexibility index (Phi) is 7.89. The van der Waals surface area contributed by atoms with Crippen LogP contribution >= 0.6 is 0 Å². The Morgan fingerprint density at radius 2 is 1.97 bits per heavy atom. The van der Waals surface area contributed by atoms with Crippen molar-refractivity contribution in [2.45, 2.75) is 77.8 Å². The highest BCUT2D eigenvalue weighted by Crippen LogP contribution is 2.37. The lowest BCUT2D eigenvalue weighted by Gasteiger charge is -2.51. The average Bonchev–Trinajstić information content (AvgIpc) is 2.82. The van der Waals surface area contributed by atoms with Gasteiger partial charge in [-0.2, -0.15) is 0 Å². The van der Waals surface area contributed by atoms with Crippen LogP contribution in [0.25, 0.3) is 0 Å². The second-order valence-electron chi connectivity index (χ2n) is 11.1. The van der Waals surface area contributed by atoms with Crippen LogP contribution in [-0.4, -0.2) is 64.2 Å². The number of amides is 3. The van der Waals surface area contributed by atoms with Crippen molar-refractivity contribution in [1.29, 1.82) is 0 Å². The number of piperidine rings is 2. The number of pyridine rings is 1. The Hall–Kier alpha value is -2.44. The van der Waals surface area contributed by atoms with Gasteiger partial charge in [0.05, 0.1) is 5.56 Å². The minimum atomic E-state index is 0.0277. The third-order valence-electron chi connectivity index (χ3n) is 8.03. The molecule has 4 heterocycles. The van der Waals surface area contributed by atoms with Gasteiger partial charge >= 0.3 is 0 Å². The van der Waals surface area contributed by atoms with Crippen molar-refractivity contribution in [2.24, 2.45) is 23.7 Å². The van der Waals surface area contributed by atoms with Gasteiger partial charge in [0, 0.05) is 57.0 Å². The van der Waals surface area contributed by atoms with E-state index in [0.29, 0.717) is 49.9 Å². The van der Waals surface area contributed by atoms with E-state index in [2.05, 4.69) is 36.0 Å². The molecule has 7 heteroatoms. The molecule has 0 spiro atoms. The highest BCUT2D eigenvalue weighted by molar-refractivity contribution is 5.94. The van der Waals surface area contributed by atoms with E-state index in [4.69, 9.17) is 0 Å². The lowest BCUT2D eigenvalue weighted by Crippen LogP contribution is -2.60. The summed E-state index contributed by atoms with van der Waals surface area (Å²) in [5, 5.41) is 3.25. The average molecular weight is 469 g/mol. The molecular weight excluding hydrogens is 428 g/mol. The van der Waals surface area contributed by atoms with Gasteiger partial charge in [0.25, 0.3) is 5.91 Å². The first-order valence-corrected chi connectivity index (χ1v) is 13.1. The van der Waals surface area contributed by atoms with E-state index < -0.39 is 0 Å². The summed E-state index contributed by atoms with van der Waals surface area (Å²) in [5.74, 6) is 1.62. The number of carbonyl (C=O) groups excluding carboxylic acids is 3. The molecule has 0 aromatic carbocycles. The largest absolute Gasteiger partial charge is 0.353 e. The molecule has 3 aliphatic rings. The molecule has 2 bridgehead atoms. The number of hydrogen-bond donors (Lipinski definition) is 1. The van der Waals surface area contributed by atoms with Gasteiger partial charge in [-0.05, 0) is 67.9 Å². The summed E-state index contributed by atoms with van der Waals surface area (Å²) in [4.78, 5) is 47.4. The Morgan fingerprint density at radius 1 is 1.15 bits per heavy atom. The maximum atomic E-state index is 13.5. The standard InChI is InChI=1S/C27H40N4O3/c1-18(2)23-10-9-19(3)12-26(33)31-16-20-13-22(24(31)7-4-8-25(32)29-23)17-30(15-20)27(34)21-6-5-11-28-14-21/h5-6,11,14,18-20,22-24H,4,7-10,12-13,15-17H2,1-3H3,(H,29,32)/t19-,20+,22+,23+,24+/m1/s1. The minimum Gasteiger partial charge on any atom is -0.353 e. The van der Waals surface area contributed by atoms with Gasteiger partial charge in [0.2, 0.25) is 11.8 Å². The fourth-order valence-electron chi connectivity index (χ4n) is 6.15. The van der Waals surface area contributed by atoms with Gasteiger partial charge in [0.15, 0.2) is 0 Å². The van der Waals surface area contributed by atoms with E-state index in [1.54, 1.807) is 18.5 Å². The molecule has 3 aliphatic heterocycles. The molecular formula is C27H40N4O3. The van der Waals surface area contributed by atoms with Crippen LogP contribution in [-0.2, 0) is 9.59 Å². The number of likely N-dealkylation sites (tertiary alicyclic amines) is 1. The van der Waals surface area contributed by atoms with Gasteiger partial charge in [-0.25, -0.2) is 0 Å². The maximum Gasteiger partial charge on any atom is 0.255 e. The van der Waals surface area contributed by atoms with Crippen LogP contribution in [0.4, 0.5) is 0 Å². The van der Waals surface area contributed by atoms with Crippen molar-refractivity contribution in [3.63, 3.8) is 0 Å². The van der Waals surface area contributed by atoms with Crippen LogP contribution in [0.15, 0.2) is 24.5 Å². The molecule has 186 valence electrons. The van der Waals surface area contributed by atoms with Crippen molar-refractivity contribution in [1.82, 2.24) is 20.1 Å². The highest BCUT2D eigenvalue weighted by atomic mass is 16.2. The molecule has 1 aromatic rings. The van der Waals surface area contributed by atoms with Crippen molar-refractivity contribution in [3.8, 4) is 0 Å². The fraction of sp³-hybridized carbons (Fsp3) is 0.704. The van der Waals surface area contributed by atoms with Crippen molar-refractivity contribution < 1.29 is 14.4 Å². The van der Waals surface area contributed by atoms with E-state index in [1.165, 1.54) is 0 Å². The van der Waals surface area contributed by atoms with Crippen molar-refractivity contribution in [3.05, 3.63) is 30.1 Å². The van der Waals surface area contributed by atoms with Gasteiger partial charge in [-0.1, -0.05) is 20.8 Å². The molecule has 1 aromatic heterocycles. The zero-order valence-corrected chi connectivity index (χ0v) is 20.9. The van der Waals surface area contributed by atoms with E-state index in [-0.39, 0.29) is 41.6 Å². The van der Waals surface area contributed by atoms with Crippen molar-refractivity contribution in [2.75, 3.05) is 19.6 Å². The Labute approximate surface area is 203 Å². The molecule has 7 nitrogen and oxygen atoms in total. The molecule has 0 unspecified atom stereocenters. The summed E-state index contributed by atoms with van der Waals surface area (Å²) in [6, 6.07) is 3.87. The number of nitrogens with zero attached hydrogens (tertiary/aromatic N) is 3. The molecule has 0 radical (unpaired) electrons. The topological polar surface area (TPSA) is 82.6 Å². The van der Waals surface area contributed by atoms with Gasteiger partial charge < -0.3 is 15.1 Å². The van der Waals surface area contributed by atoms with Crippen LogP contribution in [0.1, 0.15) is 76.1 Å². The summed E-state index contributed by atoms with van der Waals surface area (Å²) in [6.07, 6.45) is 8.84. The predicted octanol–water partition coefficient (Wildman–Crippen LogP) is 3.50. The van der Waals surface area contributed by atoms with Crippen molar-refractivity contribution >= 4 is 17.7 Å². The minimum absolute atomic E-state index is 0.0277. The molecule has 3 fully saturated rings. The molecule has 0 saturated carbocycles. The first kappa shape index (κ1) is 24.7. The monoisotopic (exact) mass is 468 g/mol. The number of nitrogens with one attached hydrogen (secondary N) is 1. The normalized spacial score (nSPS) is 31.1. The zero-order chi connectivity index (χ0) is 24.2. The lowest BCUT2D eigenvalue weighted by molar-refractivity contribution is -0.141. The quantitative estimate of drug-likeness (QED) is 0.720. The summed E-state index contributed by atoms with van der Waals surface area (Å²) in [6.45, 7) is 8.52. The van der Waals surface area contributed by atoms with Gasteiger partial charge in [-0.3, -0.25) is 19.4 Å². The zero-order valence-electron chi connectivity index (χ0n) is 20.9. The lowest BCUT2D eigenvalue weighted by atomic mass is 9.77. The van der Waals surface area contributed by atoms with Crippen LogP contribution in [0.2, 0.25) is 0 Å². The highest BCUT2D eigenvalue weighted by Gasteiger charge is 2.43. The predicted molar refractivity (Wildman–Crippen MR) is 131 cm³/mol. The van der Waals surface area contributed by atoms with Gasteiger partial charge in [-0.15, -0.1) is 0 Å².